The fraction of sp³-hybridized carbons (Fsp3) is 0.467. The standard InChI is InChI=1S/C15H19F2NO/c1-2-18-14(12-6-4-8-19-10-12)9-11-5-3-7-13(16)15(11)17/h3,5,7,10,14,18H,2,4,6,8-9H2,1H3. The van der Waals surface area contributed by atoms with Gasteiger partial charge >= 0.3 is 0 Å². The van der Waals surface area contributed by atoms with Gasteiger partial charge in [0, 0.05) is 6.04 Å². The van der Waals surface area contributed by atoms with Crippen molar-refractivity contribution in [3.63, 3.8) is 0 Å². The summed E-state index contributed by atoms with van der Waals surface area (Å²) in [5.74, 6) is -1.54. The van der Waals surface area contributed by atoms with Crippen LogP contribution < -0.4 is 5.32 Å². The Balaban J connectivity index is 2.16. The molecule has 104 valence electrons. The topological polar surface area (TPSA) is 21.3 Å². The zero-order valence-electron chi connectivity index (χ0n) is 11.1. The third-order valence-corrected chi connectivity index (χ3v) is 3.32. The molecule has 1 aromatic rings. The molecule has 1 heterocycles. The van der Waals surface area contributed by atoms with E-state index in [1.807, 2.05) is 6.92 Å². The van der Waals surface area contributed by atoms with Crippen molar-refractivity contribution >= 4 is 0 Å². The first kappa shape index (κ1) is 14.0. The van der Waals surface area contributed by atoms with Crippen LogP contribution >= 0.6 is 0 Å². The van der Waals surface area contributed by atoms with Gasteiger partial charge in [-0.2, -0.15) is 0 Å². The van der Waals surface area contributed by atoms with Gasteiger partial charge in [0.25, 0.3) is 0 Å². The van der Waals surface area contributed by atoms with Crippen molar-refractivity contribution in [2.24, 2.45) is 0 Å². The number of rotatable bonds is 5. The van der Waals surface area contributed by atoms with Crippen molar-refractivity contribution in [2.75, 3.05) is 13.2 Å². The van der Waals surface area contributed by atoms with Crippen molar-refractivity contribution < 1.29 is 13.5 Å². The summed E-state index contributed by atoms with van der Waals surface area (Å²) in [6, 6.07) is 4.32. The van der Waals surface area contributed by atoms with Gasteiger partial charge in [-0.25, -0.2) is 8.78 Å². The van der Waals surface area contributed by atoms with E-state index in [4.69, 9.17) is 4.74 Å². The Morgan fingerprint density at radius 1 is 1.37 bits per heavy atom. The molecule has 2 nitrogen and oxygen atoms in total. The van der Waals surface area contributed by atoms with Gasteiger partial charge in [0.15, 0.2) is 11.6 Å². The summed E-state index contributed by atoms with van der Waals surface area (Å²) in [6.45, 7) is 3.51. The Kier molecular flexibility index (Phi) is 4.91. The minimum Gasteiger partial charge on any atom is -0.501 e. The first-order chi connectivity index (χ1) is 9.22. The van der Waals surface area contributed by atoms with Crippen molar-refractivity contribution in [3.8, 4) is 0 Å². The Labute approximate surface area is 112 Å². The van der Waals surface area contributed by atoms with Gasteiger partial charge in [-0.3, -0.25) is 0 Å². The molecule has 2 rings (SSSR count). The van der Waals surface area contributed by atoms with Gasteiger partial charge in [0.2, 0.25) is 0 Å². The molecule has 1 aromatic carbocycles. The number of hydrogen-bond donors (Lipinski definition) is 1. The van der Waals surface area contributed by atoms with Gasteiger partial charge in [-0.05, 0) is 43.0 Å². The van der Waals surface area contributed by atoms with Crippen LogP contribution in [-0.2, 0) is 11.2 Å². The molecule has 1 unspecified atom stereocenters. The molecule has 0 spiro atoms. The second-order valence-corrected chi connectivity index (χ2v) is 4.69. The molecule has 0 amide bonds. The Morgan fingerprint density at radius 3 is 2.89 bits per heavy atom. The van der Waals surface area contributed by atoms with Crippen molar-refractivity contribution in [3.05, 3.63) is 47.2 Å². The average Bonchev–Trinajstić information content (AvgIpc) is 2.44. The summed E-state index contributed by atoms with van der Waals surface area (Å²) in [7, 11) is 0. The predicted octanol–water partition coefficient (Wildman–Crippen LogP) is 3.18. The maximum absolute atomic E-state index is 13.7. The third kappa shape index (κ3) is 3.53. The molecule has 1 aliphatic heterocycles. The Hall–Kier alpha value is -1.42. The molecule has 0 aromatic heterocycles. The van der Waals surface area contributed by atoms with Gasteiger partial charge in [0.05, 0.1) is 12.9 Å². The molecular weight excluding hydrogens is 248 g/mol. The molecule has 0 saturated heterocycles. The second-order valence-electron chi connectivity index (χ2n) is 4.69. The lowest BCUT2D eigenvalue weighted by molar-refractivity contribution is 0.219. The van der Waals surface area contributed by atoms with E-state index < -0.39 is 11.6 Å². The fourth-order valence-electron chi connectivity index (χ4n) is 2.35. The van der Waals surface area contributed by atoms with Gasteiger partial charge in [-0.15, -0.1) is 0 Å². The summed E-state index contributed by atoms with van der Waals surface area (Å²) < 4.78 is 32.3. The van der Waals surface area contributed by atoms with E-state index >= 15 is 0 Å². The number of benzene rings is 1. The summed E-state index contributed by atoms with van der Waals surface area (Å²) in [5.41, 5.74) is 1.52. The molecule has 0 fully saturated rings. The number of halogens is 2. The quantitative estimate of drug-likeness (QED) is 0.884. The van der Waals surface area contributed by atoms with Crippen LogP contribution in [0.15, 0.2) is 30.0 Å². The van der Waals surface area contributed by atoms with E-state index in [1.54, 1.807) is 18.4 Å². The summed E-state index contributed by atoms with van der Waals surface area (Å²) in [6.07, 6.45) is 4.11. The molecule has 4 heteroatoms. The van der Waals surface area contributed by atoms with Crippen LogP contribution in [-0.4, -0.2) is 19.2 Å². The van der Waals surface area contributed by atoms with Crippen LogP contribution in [0.2, 0.25) is 0 Å². The smallest absolute Gasteiger partial charge is 0.162 e. The van der Waals surface area contributed by atoms with E-state index in [2.05, 4.69) is 5.32 Å². The number of nitrogens with one attached hydrogen (secondary N) is 1. The van der Waals surface area contributed by atoms with E-state index in [9.17, 15) is 8.78 Å². The molecular formula is C15H19F2NO. The second kappa shape index (κ2) is 6.66. The highest BCUT2D eigenvalue weighted by atomic mass is 19.2. The number of ether oxygens (including phenoxy) is 1. The zero-order chi connectivity index (χ0) is 13.7. The predicted molar refractivity (Wildman–Crippen MR) is 70.8 cm³/mol. The van der Waals surface area contributed by atoms with Crippen LogP contribution in [0.25, 0.3) is 0 Å². The first-order valence-corrected chi connectivity index (χ1v) is 6.69. The normalized spacial score (nSPS) is 16.7. The molecule has 1 atom stereocenters. The Bertz CT molecular complexity index is 459. The maximum atomic E-state index is 13.7. The highest BCUT2D eigenvalue weighted by Crippen LogP contribution is 2.21. The molecule has 1 aliphatic rings. The lowest BCUT2D eigenvalue weighted by Crippen LogP contribution is -2.34. The molecule has 19 heavy (non-hydrogen) atoms. The average molecular weight is 267 g/mol. The highest BCUT2D eigenvalue weighted by molar-refractivity contribution is 5.23. The van der Waals surface area contributed by atoms with Crippen molar-refractivity contribution in [2.45, 2.75) is 32.2 Å². The van der Waals surface area contributed by atoms with Crippen LogP contribution in [0, 0.1) is 11.6 Å². The van der Waals surface area contributed by atoms with Crippen molar-refractivity contribution in [1.82, 2.24) is 5.32 Å². The minimum atomic E-state index is -0.790. The van der Waals surface area contributed by atoms with Gasteiger partial charge in [-0.1, -0.05) is 19.1 Å². The van der Waals surface area contributed by atoms with Crippen molar-refractivity contribution in [1.29, 1.82) is 0 Å². The van der Waals surface area contributed by atoms with Crippen LogP contribution in [0.1, 0.15) is 25.3 Å². The maximum Gasteiger partial charge on any atom is 0.162 e. The molecule has 0 saturated carbocycles. The molecule has 0 bridgehead atoms. The summed E-state index contributed by atoms with van der Waals surface area (Å²) in [5, 5.41) is 3.31. The highest BCUT2D eigenvalue weighted by Gasteiger charge is 2.19. The first-order valence-electron chi connectivity index (χ1n) is 6.69. The number of hydrogen-bond acceptors (Lipinski definition) is 2. The largest absolute Gasteiger partial charge is 0.501 e. The van der Waals surface area contributed by atoms with Crippen LogP contribution in [0.4, 0.5) is 8.78 Å². The fourth-order valence-corrected chi connectivity index (χ4v) is 2.35. The zero-order valence-corrected chi connectivity index (χ0v) is 11.1. The molecule has 1 N–H and O–H groups in total. The lowest BCUT2D eigenvalue weighted by Gasteiger charge is -2.24. The summed E-state index contributed by atoms with van der Waals surface area (Å²) in [4.78, 5) is 0. The monoisotopic (exact) mass is 267 g/mol. The SMILES string of the molecule is CCNC(Cc1cccc(F)c1F)C1=COCCC1. The number of likely N-dealkylation sites (N-methyl/N-ethyl adjacent to an activating group) is 1. The van der Waals surface area contributed by atoms with E-state index in [0.29, 0.717) is 12.0 Å². The van der Waals surface area contributed by atoms with E-state index in [1.165, 1.54) is 0 Å². The summed E-state index contributed by atoms with van der Waals surface area (Å²) >= 11 is 0. The van der Waals surface area contributed by atoms with Gasteiger partial charge < -0.3 is 10.1 Å². The van der Waals surface area contributed by atoms with Crippen LogP contribution in [0.3, 0.4) is 0 Å². The molecule has 0 aliphatic carbocycles. The van der Waals surface area contributed by atoms with Crippen LogP contribution in [0.5, 0.6) is 0 Å². The van der Waals surface area contributed by atoms with Gasteiger partial charge in [0.1, 0.15) is 0 Å². The molecule has 0 radical (unpaired) electrons. The minimum absolute atomic E-state index is 0.00148. The Morgan fingerprint density at radius 2 is 2.21 bits per heavy atom. The lowest BCUT2D eigenvalue weighted by atomic mass is 9.95. The van der Waals surface area contributed by atoms with E-state index in [-0.39, 0.29) is 6.04 Å². The third-order valence-electron chi connectivity index (χ3n) is 3.32. The van der Waals surface area contributed by atoms with E-state index in [0.717, 1.165) is 37.6 Å².